The lowest BCUT2D eigenvalue weighted by Gasteiger charge is -2.30. The van der Waals surface area contributed by atoms with Crippen LogP contribution in [-0.4, -0.2) is 44.2 Å². The number of amides is 1. The minimum Gasteiger partial charge on any atom is -0.353 e. The van der Waals surface area contributed by atoms with Crippen LogP contribution in [0.1, 0.15) is 39.0 Å². The van der Waals surface area contributed by atoms with Gasteiger partial charge in [0.05, 0.1) is 11.9 Å². The lowest BCUT2D eigenvalue weighted by Crippen LogP contribution is -2.49. The predicted molar refractivity (Wildman–Crippen MR) is 111 cm³/mol. The van der Waals surface area contributed by atoms with Crippen molar-refractivity contribution in [2.45, 2.75) is 50.3 Å². The first-order valence-electron chi connectivity index (χ1n) is 8.97. The van der Waals surface area contributed by atoms with E-state index >= 15 is 0 Å². The number of hydrogen-bond acceptors (Lipinski definition) is 4. The summed E-state index contributed by atoms with van der Waals surface area (Å²) in [6.07, 6.45) is 6.59. The van der Waals surface area contributed by atoms with E-state index in [-0.39, 0.29) is 5.91 Å². The largest absolute Gasteiger partial charge is 0.353 e. The highest BCUT2D eigenvalue weighted by atomic mass is 35.5. The van der Waals surface area contributed by atoms with E-state index in [0.717, 1.165) is 12.0 Å². The Balaban J connectivity index is 2.02. The van der Waals surface area contributed by atoms with Gasteiger partial charge in [0.25, 0.3) is 0 Å². The second-order valence-electron chi connectivity index (χ2n) is 6.53. The number of nitrogens with one attached hydrogen (secondary N) is 1. The number of halogens is 1. The van der Waals surface area contributed by atoms with Gasteiger partial charge in [-0.25, -0.2) is 8.42 Å². The maximum atomic E-state index is 12.7. The van der Waals surface area contributed by atoms with Crippen LogP contribution < -0.4 is 9.62 Å². The summed E-state index contributed by atoms with van der Waals surface area (Å²) in [5.74, 6) is 0.577. The number of hydrogen-bond donors (Lipinski definition) is 1. The number of rotatable bonds is 9. The molecule has 1 N–H and O–H groups in total. The molecule has 1 amide bonds. The summed E-state index contributed by atoms with van der Waals surface area (Å²) in [6.45, 7) is 2.35. The van der Waals surface area contributed by atoms with E-state index in [1.54, 1.807) is 31.2 Å². The van der Waals surface area contributed by atoms with Crippen molar-refractivity contribution in [3.8, 4) is 0 Å². The fraction of sp³-hybridized carbons (Fsp3) is 0.611. The van der Waals surface area contributed by atoms with Crippen LogP contribution in [0.3, 0.4) is 0 Å². The molecular weight excluding hydrogens is 392 g/mol. The van der Waals surface area contributed by atoms with Crippen molar-refractivity contribution in [1.29, 1.82) is 0 Å². The average Bonchev–Trinajstić information content (AvgIpc) is 3.08. The molecule has 146 valence electrons. The summed E-state index contributed by atoms with van der Waals surface area (Å²) in [7, 11) is -3.63. The second-order valence-corrected chi connectivity index (χ2v) is 10.2. The summed E-state index contributed by atoms with van der Waals surface area (Å²) in [4.78, 5) is 12.7. The molecule has 1 unspecified atom stereocenters. The number of anilines is 1. The molecule has 5 nitrogen and oxygen atoms in total. The number of nitrogens with zero attached hydrogens (tertiary/aromatic N) is 1. The maximum absolute atomic E-state index is 12.7. The maximum Gasteiger partial charge on any atom is 0.243 e. The lowest BCUT2D eigenvalue weighted by atomic mass is 10.2. The van der Waals surface area contributed by atoms with Crippen LogP contribution in [0.5, 0.6) is 0 Å². The van der Waals surface area contributed by atoms with Gasteiger partial charge in [0.2, 0.25) is 15.9 Å². The van der Waals surface area contributed by atoms with Crippen LogP contribution in [0, 0.1) is 0 Å². The number of thioether (sulfide) groups is 1. The van der Waals surface area contributed by atoms with Crippen LogP contribution in [0.4, 0.5) is 5.69 Å². The number of benzene rings is 1. The molecular formula is C18H27ClN2O3S2. The second kappa shape index (κ2) is 9.85. The van der Waals surface area contributed by atoms with E-state index in [4.69, 9.17) is 11.6 Å². The summed E-state index contributed by atoms with van der Waals surface area (Å²) in [6, 6.07) is 5.78. The molecule has 0 spiro atoms. The Morgan fingerprint density at radius 3 is 2.65 bits per heavy atom. The quantitative estimate of drug-likeness (QED) is 0.621. The summed E-state index contributed by atoms with van der Waals surface area (Å²) in [5, 5.41) is 4.03. The van der Waals surface area contributed by atoms with Gasteiger partial charge < -0.3 is 5.32 Å². The van der Waals surface area contributed by atoms with E-state index < -0.39 is 16.1 Å². The molecule has 0 aromatic heterocycles. The van der Waals surface area contributed by atoms with E-state index in [9.17, 15) is 13.2 Å². The molecule has 1 atom stereocenters. The van der Waals surface area contributed by atoms with Crippen molar-refractivity contribution in [2.75, 3.05) is 22.9 Å². The molecule has 0 radical (unpaired) electrons. The number of sulfonamides is 1. The fourth-order valence-electron chi connectivity index (χ4n) is 3.25. The topological polar surface area (TPSA) is 66.5 Å². The van der Waals surface area contributed by atoms with Gasteiger partial charge in [0.15, 0.2) is 0 Å². The Bertz CT molecular complexity index is 706. The van der Waals surface area contributed by atoms with Crippen molar-refractivity contribution in [2.24, 2.45) is 0 Å². The molecule has 0 bridgehead atoms. The Hall–Kier alpha value is -0.920. The highest BCUT2D eigenvalue weighted by Gasteiger charge is 2.31. The van der Waals surface area contributed by atoms with Crippen molar-refractivity contribution in [1.82, 2.24) is 5.32 Å². The molecule has 1 aromatic rings. The first-order valence-corrected chi connectivity index (χ1v) is 12.2. The first-order chi connectivity index (χ1) is 12.3. The fourth-order valence-corrected chi connectivity index (χ4v) is 5.85. The number of carbonyl (C=O) groups is 1. The zero-order chi connectivity index (χ0) is 19.2. The van der Waals surface area contributed by atoms with Crippen molar-refractivity contribution >= 4 is 45.0 Å². The van der Waals surface area contributed by atoms with Gasteiger partial charge in [-0.1, -0.05) is 37.4 Å². The van der Waals surface area contributed by atoms with Crippen molar-refractivity contribution < 1.29 is 13.2 Å². The standard InChI is InChI=1S/C18H27ClN2O3S2/c1-3-17(18(22)20-11-12-25-16-9-4-5-10-16)21(26(2,23)24)15-8-6-7-14(19)13-15/h6-8,13,16-17H,3-5,9-12H2,1-2H3,(H,20,22). The third-order valence-electron chi connectivity index (χ3n) is 4.45. The van der Waals surface area contributed by atoms with Crippen LogP contribution in [0.15, 0.2) is 24.3 Å². The molecule has 0 heterocycles. The van der Waals surface area contributed by atoms with Gasteiger partial charge in [-0.15, -0.1) is 0 Å². The minimum atomic E-state index is -3.63. The van der Waals surface area contributed by atoms with Crippen molar-refractivity contribution in [3.05, 3.63) is 29.3 Å². The Kier molecular flexibility index (Phi) is 8.10. The molecule has 1 aliphatic rings. The first kappa shape index (κ1) is 21.4. The molecule has 0 aliphatic heterocycles. The molecule has 1 aliphatic carbocycles. The third kappa shape index (κ3) is 6.06. The van der Waals surface area contributed by atoms with E-state index in [2.05, 4.69) is 5.32 Å². The minimum absolute atomic E-state index is 0.273. The molecule has 8 heteroatoms. The summed E-state index contributed by atoms with van der Waals surface area (Å²) < 4.78 is 25.9. The Morgan fingerprint density at radius 1 is 1.38 bits per heavy atom. The highest BCUT2D eigenvalue weighted by molar-refractivity contribution is 7.99. The molecule has 0 saturated heterocycles. The van der Waals surface area contributed by atoms with Gasteiger partial charge in [-0.2, -0.15) is 11.8 Å². The number of carbonyl (C=O) groups excluding carboxylic acids is 1. The van der Waals surface area contributed by atoms with E-state index in [0.29, 0.717) is 28.9 Å². The van der Waals surface area contributed by atoms with E-state index in [1.807, 2.05) is 11.8 Å². The predicted octanol–water partition coefficient (Wildman–Crippen LogP) is 3.68. The Labute approximate surface area is 165 Å². The molecule has 2 rings (SSSR count). The SMILES string of the molecule is CCC(C(=O)NCCSC1CCCC1)N(c1cccc(Cl)c1)S(C)(=O)=O. The average molecular weight is 419 g/mol. The van der Waals surface area contributed by atoms with Gasteiger partial charge in [-0.3, -0.25) is 9.10 Å². The monoisotopic (exact) mass is 418 g/mol. The van der Waals surface area contributed by atoms with Gasteiger partial charge in [-0.05, 0) is 37.5 Å². The van der Waals surface area contributed by atoms with Crippen LogP contribution in [-0.2, 0) is 14.8 Å². The Morgan fingerprint density at radius 2 is 2.08 bits per heavy atom. The van der Waals surface area contributed by atoms with Crippen molar-refractivity contribution in [3.63, 3.8) is 0 Å². The van der Waals surface area contributed by atoms with Gasteiger partial charge in [0.1, 0.15) is 6.04 Å². The smallest absolute Gasteiger partial charge is 0.243 e. The van der Waals surface area contributed by atoms with Gasteiger partial charge in [0, 0.05) is 22.6 Å². The molecule has 1 saturated carbocycles. The molecule has 1 fully saturated rings. The normalized spacial score (nSPS) is 16.4. The van der Waals surface area contributed by atoms with Crippen LogP contribution in [0.25, 0.3) is 0 Å². The van der Waals surface area contributed by atoms with Crippen LogP contribution >= 0.6 is 23.4 Å². The zero-order valence-electron chi connectivity index (χ0n) is 15.3. The summed E-state index contributed by atoms with van der Waals surface area (Å²) in [5.41, 5.74) is 0.405. The van der Waals surface area contributed by atoms with Crippen LogP contribution in [0.2, 0.25) is 5.02 Å². The molecule has 26 heavy (non-hydrogen) atoms. The van der Waals surface area contributed by atoms with Gasteiger partial charge >= 0.3 is 0 Å². The highest BCUT2D eigenvalue weighted by Crippen LogP contribution is 2.29. The molecule has 1 aromatic carbocycles. The zero-order valence-corrected chi connectivity index (χ0v) is 17.7. The van der Waals surface area contributed by atoms with E-state index in [1.165, 1.54) is 30.0 Å². The third-order valence-corrected chi connectivity index (χ3v) is 7.25. The lowest BCUT2D eigenvalue weighted by molar-refractivity contribution is -0.122. The summed E-state index contributed by atoms with van der Waals surface area (Å²) >= 11 is 7.90.